The van der Waals surface area contributed by atoms with Crippen molar-refractivity contribution in [3.8, 4) is 11.1 Å². The van der Waals surface area contributed by atoms with E-state index in [1.54, 1.807) is 6.07 Å². The molecule has 0 saturated heterocycles. The van der Waals surface area contributed by atoms with Gasteiger partial charge in [-0.15, -0.1) is 0 Å². The van der Waals surface area contributed by atoms with E-state index in [0.29, 0.717) is 5.69 Å². The van der Waals surface area contributed by atoms with Crippen molar-refractivity contribution in [1.82, 2.24) is 4.98 Å². The number of H-pyrrole nitrogens is 1. The zero-order valence-corrected chi connectivity index (χ0v) is 9.68. The zero-order valence-electron chi connectivity index (χ0n) is 9.68. The first kappa shape index (κ1) is 10.6. The third-order valence-corrected chi connectivity index (χ3v) is 3.05. The van der Waals surface area contributed by atoms with Gasteiger partial charge in [-0.3, -0.25) is 4.79 Å². The fourth-order valence-corrected chi connectivity index (χ4v) is 2.17. The molecule has 1 aromatic heterocycles. The van der Waals surface area contributed by atoms with Gasteiger partial charge in [0.2, 0.25) is 0 Å². The molecule has 2 aromatic carbocycles. The summed E-state index contributed by atoms with van der Waals surface area (Å²) in [6.45, 7) is 0. The zero-order chi connectivity index (χ0) is 12.5. The number of carbonyl (C=O) groups excluding carboxylic acids is 1. The second-order valence-corrected chi connectivity index (χ2v) is 4.19. The average molecular weight is 236 g/mol. The first-order chi connectivity index (χ1) is 8.75. The lowest BCUT2D eigenvalue weighted by molar-refractivity contribution is 0.0996. The van der Waals surface area contributed by atoms with Crippen LogP contribution in [0.4, 0.5) is 0 Å². The van der Waals surface area contributed by atoms with Crippen LogP contribution in [-0.2, 0) is 0 Å². The summed E-state index contributed by atoms with van der Waals surface area (Å²) >= 11 is 0. The van der Waals surface area contributed by atoms with Crippen LogP contribution in [0.2, 0.25) is 0 Å². The predicted octanol–water partition coefficient (Wildman–Crippen LogP) is 2.93. The number of aromatic amines is 1. The summed E-state index contributed by atoms with van der Waals surface area (Å²) < 4.78 is 0. The lowest BCUT2D eigenvalue weighted by Crippen LogP contribution is -2.10. The Morgan fingerprint density at radius 3 is 2.61 bits per heavy atom. The minimum atomic E-state index is -0.443. The third kappa shape index (κ3) is 1.66. The number of nitrogens with one attached hydrogen (secondary N) is 1. The van der Waals surface area contributed by atoms with Gasteiger partial charge < -0.3 is 10.7 Å². The lowest BCUT2D eigenvalue weighted by Gasteiger charge is -2.03. The number of rotatable bonds is 2. The number of aromatic nitrogens is 1. The smallest absolute Gasteiger partial charge is 0.265 e. The highest BCUT2D eigenvalue weighted by Crippen LogP contribution is 2.28. The maximum absolute atomic E-state index is 11.1. The van der Waals surface area contributed by atoms with Gasteiger partial charge >= 0.3 is 0 Å². The highest BCUT2D eigenvalue weighted by atomic mass is 16.1. The molecule has 18 heavy (non-hydrogen) atoms. The van der Waals surface area contributed by atoms with Gasteiger partial charge in [0.15, 0.2) is 0 Å². The van der Waals surface area contributed by atoms with Crippen LogP contribution in [0.3, 0.4) is 0 Å². The van der Waals surface area contributed by atoms with Crippen LogP contribution < -0.4 is 5.73 Å². The van der Waals surface area contributed by atoms with Crippen molar-refractivity contribution in [2.24, 2.45) is 5.73 Å². The molecule has 0 bridgehead atoms. The molecule has 1 heterocycles. The second-order valence-electron chi connectivity index (χ2n) is 4.19. The van der Waals surface area contributed by atoms with E-state index in [1.165, 1.54) is 5.39 Å². The Morgan fingerprint density at radius 1 is 1.06 bits per heavy atom. The van der Waals surface area contributed by atoms with Crippen molar-refractivity contribution in [3.05, 3.63) is 60.4 Å². The largest absolute Gasteiger partial charge is 0.364 e. The van der Waals surface area contributed by atoms with Gasteiger partial charge in [-0.2, -0.15) is 0 Å². The number of primary amides is 1. The highest BCUT2D eigenvalue weighted by Gasteiger charge is 2.08. The highest BCUT2D eigenvalue weighted by molar-refractivity contribution is 5.98. The van der Waals surface area contributed by atoms with E-state index in [-0.39, 0.29) is 0 Å². The summed E-state index contributed by atoms with van der Waals surface area (Å²) in [7, 11) is 0. The molecular formula is C15H12N2O. The standard InChI is InChI=1S/C15H12N2O/c16-15(18)14-8-11(9-17-14)13-7-3-5-10-4-1-2-6-12(10)13/h1-9,17H,(H2,16,18). The molecule has 0 fully saturated rings. The first-order valence-corrected chi connectivity index (χ1v) is 5.72. The van der Waals surface area contributed by atoms with Crippen LogP contribution in [-0.4, -0.2) is 10.9 Å². The Morgan fingerprint density at radius 2 is 1.83 bits per heavy atom. The molecule has 0 atom stereocenters. The molecule has 0 aliphatic heterocycles. The molecule has 1 amide bonds. The fraction of sp³-hybridized carbons (Fsp3) is 0. The maximum Gasteiger partial charge on any atom is 0.265 e. The minimum absolute atomic E-state index is 0.429. The maximum atomic E-state index is 11.1. The second kappa shape index (κ2) is 4.04. The molecule has 3 nitrogen and oxygen atoms in total. The van der Waals surface area contributed by atoms with Crippen LogP contribution in [0.5, 0.6) is 0 Å². The van der Waals surface area contributed by atoms with Gasteiger partial charge in [0.05, 0.1) is 0 Å². The quantitative estimate of drug-likeness (QED) is 0.706. The van der Waals surface area contributed by atoms with Gasteiger partial charge in [-0.25, -0.2) is 0 Å². The van der Waals surface area contributed by atoms with E-state index in [9.17, 15) is 4.79 Å². The molecular weight excluding hydrogens is 224 g/mol. The number of fused-ring (bicyclic) bond motifs is 1. The Balaban J connectivity index is 2.21. The molecule has 3 heteroatoms. The van der Waals surface area contributed by atoms with E-state index in [0.717, 1.165) is 16.5 Å². The number of carbonyl (C=O) groups is 1. The summed E-state index contributed by atoms with van der Waals surface area (Å²) in [5, 5.41) is 2.34. The minimum Gasteiger partial charge on any atom is -0.364 e. The Bertz CT molecular complexity index is 723. The van der Waals surface area contributed by atoms with Gasteiger partial charge in [-0.05, 0) is 22.4 Å². The number of nitrogens with two attached hydrogens (primary N) is 1. The monoisotopic (exact) mass is 236 g/mol. The molecule has 0 aliphatic carbocycles. The summed E-state index contributed by atoms with van der Waals surface area (Å²) in [6.07, 6.45) is 1.81. The molecule has 0 radical (unpaired) electrons. The van der Waals surface area contributed by atoms with Crippen LogP contribution >= 0.6 is 0 Å². The summed E-state index contributed by atoms with van der Waals surface area (Å²) in [6, 6.07) is 16.1. The van der Waals surface area contributed by atoms with Crippen LogP contribution in [0.1, 0.15) is 10.5 Å². The van der Waals surface area contributed by atoms with Crippen LogP contribution in [0.25, 0.3) is 21.9 Å². The van der Waals surface area contributed by atoms with Crippen molar-refractivity contribution in [2.75, 3.05) is 0 Å². The SMILES string of the molecule is NC(=O)c1cc(-c2cccc3ccccc23)c[nH]1. The third-order valence-electron chi connectivity index (χ3n) is 3.05. The van der Waals surface area contributed by atoms with E-state index < -0.39 is 5.91 Å². The average Bonchev–Trinajstić information content (AvgIpc) is 2.87. The topological polar surface area (TPSA) is 58.9 Å². The van der Waals surface area contributed by atoms with Crippen molar-refractivity contribution in [1.29, 1.82) is 0 Å². The number of benzene rings is 2. The Kier molecular flexibility index (Phi) is 2.38. The number of hydrogen-bond donors (Lipinski definition) is 2. The number of hydrogen-bond acceptors (Lipinski definition) is 1. The summed E-state index contributed by atoms with van der Waals surface area (Å²) in [5.41, 5.74) is 7.74. The molecule has 0 spiro atoms. The molecule has 3 rings (SSSR count). The van der Waals surface area contributed by atoms with Gasteiger partial charge in [-0.1, -0.05) is 42.5 Å². The van der Waals surface area contributed by atoms with Crippen LogP contribution in [0, 0.1) is 0 Å². The van der Waals surface area contributed by atoms with Crippen molar-refractivity contribution < 1.29 is 4.79 Å². The van der Waals surface area contributed by atoms with E-state index in [1.807, 2.05) is 30.5 Å². The molecule has 88 valence electrons. The first-order valence-electron chi connectivity index (χ1n) is 5.72. The van der Waals surface area contributed by atoms with Crippen LogP contribution in [0.15, 0.2) is 54.7 Å². The fourth-order valence-electron chi connectivity index (χ4n) is 2.17. The predicted molar refractivity (Wildman–Crippen MR) is 72.3 cm³/mol. The summed E-state index contributed by atoms with van der Waals surface area (Å²) in [4.78, 5) is 14.0. The van der Waals surface area contributed by atoms with Crippen molar-refractivity contribution in [2.45, 2.75) is 0 Å². The normalized spacial score (nSPS) is 10.7. The molecule has 3 N–H and O–H groups in total. The molecule has 0 saturated carbocycles. The van der Waals surface area contributed by atoms with Crippen molar-refractivity contribution >= 4 is 16.7 Å². The molecule has 0 unspecified atom stereocenters. The van der Waals surface area contributed by atoms with E-state index in [4.69, 9.17) is 5.73 Å². The van der Waals surface area contributed by atoms with E-state index in [2.05, 4.69) is 23.2 Å². The van der Waals surface area contributed by atoms with Gasteiger partial charge in [0.1, 0.15) is 5.69 Å². The Labute approximate surface area is 104 Å². The molecule has 3 aromatic rings. The molecule has 0 aliphatic rings. The Hall–Kier alpha value is -2.55. The van der Waals surface area contributed by atoms with Gasteiger partial charge in [0, 0.05) is 11.8 Å². The summed E-state index contributed by atoms with van der Waals surface area (Å²) in [5.74, 6) is -0.443. The van der Waals surface area contributed by atoms with Gasteiger partial charge in [0.25, 0.3) is 5.91 Å². The lowest BCUT2D eigenvalue weighted by atomic mass is 10.0. The van der Waals surface area contributed by atoms with Crippen molar-refractivity contribution in [3.63, 3.8) is 0 Å². The number of amides is 1. The van der Waals surface area contributed by atoms with E-state index >= 15 is 0 Å².